The lowest BCUT2D eigenvalue weighted by atomic mass is 10.2. The predicted octanol–water partition coefficient (Wildman–Crippen LogP) is 0.0673. The van der Waals surface area contributed by atoms with Gasteiger partial charge in [0, 0.05) is 13.7 Å². The minimum atomic E-state index is 0.295. The number of aryl methyl sites for hydroxylation is 1. The molecule has 14 heavy (non-hydrogen) atoms. The van der Waals surface area contributed by atoms with Gasteiger partial charge in [-0.2, -0.15) is 5.10 Å². The number of nitrogens with zero attached hydrogens (tertiary/aromatic N) is 3. The Hall–Kier alpha value is -0.940. The zero-order valence-corrected chi connectivity index (χ0v) is 8.61. The molecule has 0 atom stereocenters. The lowest BCUT2D eigenvalue weighted by Crippen LogP contribution is -2.17. The standard InChI is InChI=1S/C9H18N4O/c1-13-9(11-8-12-13)7-10-5-3-2-4-6-14/h8,10,14H,2-7H2,1H3. The van der Waals surface area contributed by atoms with Gasteiger partial charge in [0.2, 0.25) is 0 Å². The molecule has 2 N–H and O–H groups in total. The minimum Gasteiger partial charge on any atom is -0.396 e. The third-order valence-electron chi connectivity index (χ3n) is 2.10. The summed E-state index contributed by atoms with van der Waals surface area (Å²) in [7, 11) is 1.88. The van der Waals surface area contributed by atoms with Crippen LogP contribution in [0.25, 0.3) is 0 Å². The van der Waals surface area contributed by atoms with Crippen LogP contribution in [0.3, 0.4) is 0 Å². The highest BCUT2D eigenvalue weighted by molar-refractivity contribution is 4.81. The molecule has 0 bridgehead atoms. The quantitative estimate of drug-likeness (QED) is 0.608. The topological polar surface area (TPSA) is 63.0 Å². The summed E-state index contributed by atoms with van der Waals surface area (Å²) in [6.07, 6.45) is 4.62. The van der Waals surface area contributed by atoms with Gasteiger partial charge in [-0.25, -0.2) is 4.98 Å². The molecule has 0 aliphatic carbocycles. The Morgan fingerprint density at radius 2 is 2.29 bits per heavy atom. The van der Waals surface area contributed by atoms with Gasteiger partial charge in [0.15, 0.2) is 0 Å². The van der Waals surface area contributed by atoms with Crippen LogP contribution >= 0.6 is 0 Å². The Morgan fingerprint density at radius 1 is 1.43 bits per heavy atom. The van der Waals surface area contributed by atoms with Crippen molar-refractivity contribution in [1.82, 2.24) is 20.1 Å². The smallest absolute Gasteiger partial charge is 0.140 e. The zero-order chi connectivity index (χ0) is 10.2. The van der Waals surface area contributed by atoms with Gasteiger partial charge in [0.25, 0.3) is 0 Å². The monoisotopic (exact) mass is 198 g/mol. The van der Waals surface area contributed by atoms with Crippen molar-refractivity contribution < 1.29 is 5.11 Å². The molecule has 5 heteroatoms. The summed E-state index contributed by atoms with van der Waals surface area (Å²) in [5.41, 5.74) is 0. The van der Waals surface area contributed by atoms with Gasteiger partial charge in [-0.1, -0.05) is 0 Å². The first kappa shape index (κ1) is 11.1. The summed E-state index contributed by atoms with van der Waals surface area (Å²) in [6, 6.07) is 0. The molecule has 0 spiro atoms. The van der Waals surface area contributed by atoms with Gasteiger partial charge in [0.05, 0.1) is 6.54 Å². The fourth-order valence-electron chi connectivity index (χ4n) is 1.22. The Morgan fingerprint density at radius 3 is 2.93 bits per heavy atom. The maximum absolute atomic E-state index is 8.57. The number of aliphatic hydroxyl groups is 1. The van der Waals surface area contributed by atoms with E-state index in [1.165, 1.54) is 0 Å². The van der Waals surface area contributed by atoms with E-state index in [1.807, 2.05) is 7.05 Å². The molecule has 1 heterocycles. The zero-order valence-electron chi connectivity index (χ0n) is 8.61. The van der Waals surface area contributed by atoms with Gasteiger partial charge in [-0.15, -0.1) is 0 Å². The molecule has 1 aromatic rings. The second-order valence-electron chi connectivity index (χ2n) is 3.26. The van der Waals surface area contributed by atoms with Gasteiger partial charge in [-0.05, 0) is 25.8 Å². The normalized spacial score (nSPS) is 10.7. The van der Waals surface area contributed by atoms with Crippen molar-refractivity contribution in [3.05, 3.63) is 12.2 Å². The van der Waals surface area contributed by atoms with E-state index in [1.54, 1.807) is 11.0 Å². The number of hydrogen-bond donors (Lipinski definition) is 2. The Bertz CT molecular complexity index is 249. The first-order chi connectivity index (χ1) is 6.84. The van der Waals surface area contributed by atoms with E-state index >= 15 is 0 Å². The second kappa shape index (κ2) is 6.50. The van der Waals surface area contributed by atoms with Crippen LogP contribution in [-0.2, 0) is 13.6 Å². The van der Waals surface area contributed by atoms with Crippen LogP contribution in [0.4, 0.5) is 0 Å². The third kappa shape index (κ3) is 3.85. The van der Waals surface area contributed by atoms with Crippen molar-refractivity contribution in [1.29, 1.82) is 0 Å². The van der Waals surface area contributed by atoms with E-state index in [2.05, 4.69) is 15.4 Å². The number of hydrogen-bond acceptors (Lipinski definition) is 4. The SMILES string of the molecule is Cn1ncnc1CNCCCCCO. The van der Waals surface area contributed by atoms with Crippen LogP contribution in [-0.4, -0.2) is 33.0 Å². The highest BCUT2D eigenvalue weighted by Gasteiger charge is 1.98. The van der Waals surface area contributed by atoms with Crippen LogP contribution in [0.1, 0.15) is 25.1 Å². The largest absolute Gasteiger partial charge is 0.396 e. The molecule has 0 saturated heterocycles. The number of unbranched alkanes of at least 4 members (excludes halogenated alkanes) is 2. The summed E-state index contributed by atoms with van der Waals surface area (Å²) >= 11 is 0. The molecule has 0 aliphatic rings. The number of nitrogens with one attached hydrogen (secondary N) is 1. The Kier molecular flexibility index (Phi) is 5.17. The van der Waals surface area contributed by atoms with Crippen molar-refractivity contribution in [3.63, 3.8) is 0 Å². The summed E-state index contributed by atoms with van der Waals surface area (Å²) < 4.78 is 1.76. The summed E-state index contributed by atoms with van der Waals surface area (Å²) in [5, 5.41) is 15.8. The van der Waals surface area contributed by atoms with Crippen molar-refractivity contribution in [3.8, 4) is 0 Å². The maximum Gasteiger partial charge on any atom is 0.140 e. The van der Waals surface area contributed by atoms with Crippen LogP contribution in [0.15, 0.2) is 6.33 Å². The van der Waals surface area contributed by atoms with Crippen molar-refractivity contribution >= 4 is 0 Å². The first-order valence-corrected chi connectivity index (χ1v) is 4.99. The lowest BCUT2D eigenvalue weighted by Gasteiger charge is -2.03. The fraction of sp³-hybridized carbons (Fsp3) is 0.778. The van der Waals surface area contributed by atoms with Gasteiger partial charge < -0.3 is 10.4 Å². The average molecular weight is 198 g/mol. The van der Waals surface area contributed by atoms with Gasteiger partial charge >= 0.3 is 0 Å². The first-order valence-electron chi connectivity index (χ1n) is 4.99. The van der Waals surface area contributed by atoms with E-state index in [9.17, 15) is 0 Å². The molecule has 0 fully saturated rings. The number of aliphatic hydroxyl groups excluding tert-OH is 1. The Balaban J connectivity index is 2.02. The average Bonchev–Trinajstić information content (AvgIpc) is 2.58. The maximum atomic E-state index is 8.57. The van der Waals surface area contributed by atoms with E-state index in [0.717, 1.165) is 38.2 Å². The van der Waals surface area contributed by atoms with E-state index in [0.29, 0.717) is 6.61 Å². The molecule has 5 nitrogen and oxygen atoms in total. The summed E-state index contributed by atoms with van der Waals surface area (Å²) in [6.45, 7) is 2.02. The van der Waals surface area contributed by atoms with Gasteiger partial charge in [-0.3, -0.25) is 4.68 Å². The summed E-state index contributed by atoms with van der Waals surface area (Å²) in [4.78, 5) is 4.10. The van der Waals surface area contributed by atoms with Crippen LogP contribution < -0.4 is 5.32 Å². The Labute approximate surface area is 84.2 Å². The van der Waals surface area contributed by atoms with Crippen LogP contribution in [0, 0.1) is 0 Å². The molecule has 1 rings (SSSR count). The van der Waals surface area contributed by atoms with E-state index < -0.39 is 0 Å². The van der Waals surface area contributed by atoms with Crippen molar-refractivity contribution in [2.45, 2.75) is 25.8 Å². The van der Waals surface area contributed by atoms with Crippen LogP contribution in [0.2, 0.25) is 0 Å². The molecular weight excluding hydrogens is 180 g/mol. The second-order valence-corrected chi connectivity index (χ2v) is 3.26. The highest BCUT2D eigenvalue weighted by atomic mass is 16.2. The predicted molar refractivity (Wildman–Crippen MR) is 53.6 cm³/mol. The molecule has 1 aromatic heterocycles. The molecule has 0 unspecified atom stereocenters. The number of aromatic nitrogens is 3. The van der Waals surface area contributed by atoms with E-state index in [4.69, 9.17) is 5.11 Å². The molecule has 0 aromatic carbocycles. The summed E-state index contributed by atoms with van der Waals surface area (Å²) in [5.74, 6) is 0.951. The fourth-order valence-corrected chi connectivity index (χ4v) is 1.22. The molecule has 0 aliphatic heterocycles. The number of rotatable bonds is 7. The third-order valence-corrected chi connectivity index (χ3v) is 2.10. The van der Waals surface area contributed by atoms with Crippen LogP contribution in [0.5, 0.6) is 0 Å². The molecule has 0 amide bonds. The lowest BCUT2D eigenvalue weighted by molar-refractivity contribution is 0.283. The van der Waals surface area contributed by atoms with Crippen molar-refractivity contribution in [2.24, 2.45) is 7.05 Å². The molecule has 0 saturated carbocycles. The van der Waals surface area contributed by atoms with Gasteiger partial charge in [0.1, 0.15) is 12.2 Å². The van der Waals surface area contributed by atoms with Crippen molar-refractivity contribution in [2.75, 3.05) is 13.2 Å². The molecule has 80 valence electrons. The minimum absolute atomic E-state index is 0.295. The molecular formula is C9H18N4O. The van der Waals surface area contributed by atoms with E-state index in [-0.39, 0.29) is 0 Å². The highest BCUT2D eigenvalue weighted by Crippen LogP contribution is 1.93. The molecule has 0 radical (unpaired) electrons.